The number of rotatable bonds is 10. The third-order valence-electron chi connectivity index (χ3n) is 5.25. The lowest BCUT2D eigenvalue weighted by Crippen LogP contribution is -2.51. The number of piperazine rings is 1. The molecule has 3 heterocycles. The average Bonchev–Trinajstić information content (AvgIpc) is 2.79. The van der Waals surface area contributed by atoms with Crippen LogP contribution in [-0.4, -0.2) is 77.3 Å². The Morgan fingerprint density at radius 2 is 1.94 bits per heavy atom. The van der Waals surface area contributed by atoms with Crippen molar-refractivity contribution in [3.05, 3.63) is 54.2 Å². The number of aryl methyl sites for hydroxylation is 1. The van der Waals surface area contributed by atoms with Crippen LogP contribution in [0.2, 0.25) is 0 Å². The van der Waals surface area contributed by atoms with Crippen molar-refractivity contribution in [1.82, 2.24) is 19.3 Å². The smallest absolute Gasteiger partial charge is 0.233 e. The number of anilines is 1. The Labute approximate surface area is 181 Å². The summed E-state index contributed by atoms with van der Waals surface area (Å²) < 4.78 is 40.2. The normalized spacial score (nSPS) is 16.1. The van der Waals surface area contributed by atoms with Crippen molar-refractivity contribution in [2.24, 2.45) is 0 Å². The van der Waals surface area contributed by atoms with Gasteiger partial charge in [-0.05, 0) is 43.5 Å². The van der Waals surface area contributed by atoms with Crippen molar-refractivity contribution >= 4 is 22.3 Å². The van der Waals surface area contributed by atoms with Gasteiger partial charge in [0.05, 0.1) is 18.0 Å². The fourth-order valence-electron chi connectivity index (χ4n) is 3.54. The molecule has 1 N–H and O–H groups in total. The van der Waals surface area contributed by atoms with Crippen LogP contribution in [0.3, 0.4) is 0 Å². The fourth-order valence-corrected chi connectivity index (χ4v) is 5.28. The maximum Gasteiger partial charge on any atom is 0.233 e. The third kappa shape index (κ3) is 6.42. The van der Waals surface area contributed by atoms with Crippen molar-refractivity contribution in [2.45, 2.75) is 25.3 Å². The zero-order valence-electron chi connectivity index (χ0n) is 17.0. The number of nitrogens with zero attached hydrogens (tertiary/aromatic N) is 5. The van der Waals surface area contributed by atoms with E-state index >= 15 is 0 Å². The number of carbonyl (C=O) groups is 1. The molecule has 31 heavy (non-hydrogen) atoms. The highest BCUT2D eigenvalue weighted by Crippen LogP contribution is 2.18. The van der Waals surface area contributed by atoms with E-state index in [4.69, 9.17) is 0 Å². The Hall–Kier alpha value is -2.63. The molecule has 2 aromatic heterocycles. The van der Waals surface area contributed by atoms with Gasteiger partial charge in [-0.3, -0.25) is 15.0 Å². The van der Waals surface area contributed by atoms with Crippen molar-refractivity contribution in [1.29, 1.82) is 0 Å². The molecular weight excluding hydrogens is 425 g/mol. The van der Waals surface area contributed by atoms with E-state index in [0.29, 0.717) is 43.2 Å². The highest BCUT2D eigenvalue weighted by molar-refractivity contribution is 7.89. The summed E-state index contributed by atoms with van der Waals surface area (Å²) in [5.41, 5.74) is 0.866. The van der Waals surface area contributed by atoms with E-state index in [9.17, 15) is 22.8 Å². The summed E-state index contributed by atoms with van der Waals surface area (Å²) in [6, 6.07) is 7.59. The van der Waals surface area contributed by atoms with E-state index < -0.39 is 21.9 Å². The van der Waals surface area contributed by atoms with E-state index in [1.54, 1.807) is 12.3 Å². The van der Waals surface area contributed by atoms with Gasteiger partial charge in [0.2, 0.25) is 16.4 Å². The van der Waals surface area contributed by atoms with Gasteiger partial charge in [0.15, 0.2) is 0 Å². The van der Waals surface area contributed by atoms with E-state index in [2.05, 4.69) is 9.97 Å². The van der Waals surface area contributed by atoms with Gasteiger partial charge in [-0.15, -0.1) is 0 Å². The number of halogens is 1. The lowest BCUT2D eigenvalue weighted by molar-refractivity contribution is -0.158. The molecule has 1 atom stereocenters. The molecule has 0 aromatic carbocycles. The molecule has 1 aliphatic rings. The average molecular weight is 452 g/mol. The number of amides is 1. The Balaban J connectivity index is 1.56. The Morgan fingerprint density at radius 3 is 2.55 bits per heavy atom. The molecule has 2 aromatic rings. The molecule has 1 aliphatic heterocycles. The van der Waals surface area contributed by atoms with Gasteiger partial charge in [-0.1, -0.05) is 6.07 Å². The standard InChI is InChI=1S/C20H26FN5O4S/c21-17-7-8-20(23-14-17)24-10-12-25(13-11-24)31(29,30)15-19(26(28)16-27)6-3-5-18-4-1-2-9-22-18/h1-2,4,7-9,14,16,19,28H,3,5-6,10-13,15H2. The largest absolute Gasteiger partial charge is 0.354 e. The molecule has 0 aliphatic carbocycles. The summed E-state index contributed by atoms with van der Waals surface area (Å²) in [4.78, 5) is 21.2. The van der Waals surface area contributed by atoms with Crippen molar-refractivity contribution in [3.8, 4) is 0 Å². The molecule has 1 amide bonds. The Kier molecular flexibility index (Phi) is 7.88. The van der Waals surface area contributed by atoms with Gasteiger partial charge in [0.1, 0.15) is 11.6 Å². The van der Waals surface area contributed by atoms with Crippen LogP contribution in [0.5, 0.6) is 0 Å². The molecular formula is C20H26FN5O4S. The zero-order valence-corrected chi connectivity index (χ0v) is 17.9. The van der Waals surface area contributed by atoms with Crippen LogP contribution in [0.1, 0.15) is 18.5 Å². The minimum absolute atomic E-state index is 0.235. The monoisotopic (exact) mass is 451 g/mol. The second-order valence-corrected chi connectivity index (χ2v) is 9.37. The van der Waals surface area contributed by atoms with Crippen LogP contribution in [0.4, 0.5) is 10.2 Å². The van der Waals surface area contributed by atoms with E-state index in [1.807, 2.05) is 23.1 Å². The van der Waals surface area contributed by atoms with Gasteiger partial charge >= 0.3 is 0 Å². The summed E-state index contributed by atoms with van der Waals surface area (Å²) in [6.07, 6.45) is 4.56. The van der Waals surface area contributed by atoms with Crippen LogP contribution in [-0.2, 0) is 21.2 Å². The number of aromatic nitrogens is 2. The molecule has 0 bridgehead atoms. The molecule has 1 saturated heterocycles. The molecule has 0 saturated carbocycles. The molecule has 3 rings (SSSR count). The number of sulfonamides is 1. The number of hydrogen-bond donors (Lipinski definition) is 1. The van der Waals surface area contributed by atoms with Gasteiger partial charge < -0.3 is 4.90 Å². The molecule has 0 spiro atoms. The maximum absolute atomic E-state index is 13.1. The fraction of sp³-hybridized carbons (Fsp3) is 0.450. The zero-order chi connectivity index (χ0) is 22.3. The van der Waals surface area contributed by atoms with Crippen LogP contribution in [0.15, 0.2) is 42.7 Å². The van der Waals surface area contributed by atoms with Gasteiger partial charge in [0.25, 0.3) is 0 Å². The Morgan fingerprint density at radius 1 is 1.16 bits per heavy atom. The van der Waals surface area contributed by atoms with Crippen LogP contribution < -0.4 is 4.90 Å². The first-order valence-corrected chi connectivity index (χ1v) is 11.7. The van der Waals surface area contributed by atoms with Gasteiger partial charge in [-0.25, -0.2) is 22.9 Å². The van der Waals surface area contributed by atoms with Crippen molar-refractivity contribution < 1.29 is 22.8 Å². The van der Waals surface area contributed by atoms with Crippen molar-refractivity contribution in [2.75, 3.05) is 36.8 Å². The van der Waals surface area contributed by atoms with Crippen molar-refractivity contribution in [3.63, 3.8) is 0 Å². The second kappa shape index (κ2) is 10.6. The van der Waals surface area contributed by atoms with E-state index in [-0.39, 0.29) is 25.3 Å². The molecule has 11 heteroatoms. The molecule has 9 nitrogen and oxygen atoms in total. The second-order valence-electron chi connectivity index (χ2n) is 7.35. The minimum atomic E-state index is -3.69. The highest BCUT2D eigenvalue weighted by atomic mass is 32.2. The van der Waals surface area contributed by atoms with Gasteiger partial charge in [-0.2, -0.15) is 4.31 Å². The topological polar surface area (TPSA) is 107 Å². The van der Waals surface area contributed by atoms with Crippen LogP contribution in [0, 0.1) is 5.82 Å². The molecule has 168 valence electrons. The van der Waals surface area contributed by atoms with E-state index in [0.717, 1.165) is 11.9 Å². The predicted octanol–water partition coefficient (Wildman–Crippen LogP) is 1.31. The number of carbonyl (C=O) groups excluding carboxylic acids is 1. The molecule has 1 unspecified atom stereocenters. The number of pyridine rings is 2. The summed E-state index contributed by atoms with van der Waals surface area (Å²) in [5, 5.41) is 10.3. The molecule has 0 radical (unpaired) electrons. The highest BCUT2D eigenvalue weighted by Gasteiger charge is 2.31. The lowest BCUT2D eigenvalue weighted by Gasteiger charge is -2.35. The summed E-state index contributed by atoms with van der Waals surface area (Å²) in [6.45, 7) is 1.32. The van der Waals surface area contributed by atoms with Gasteiger partial charge in [0, 0.05) is 38.1 Å². The quantitative estimate of drug-likeness (QED) is 0.330. The summed E-state index contributed by atoms with van der Waals surface area (Å²) in [5.74, 6) is -0.199. The first kappa shape index (κ1) is 23.0. The first-order chi connectivity index (χ1) is 14.9. The third-order valence-corrected chi connectivity index (χ3v) is 7.21. The SMILES string of the molecule is O=CN(O)C(CCCc1ccccn1)CS(=O)(=O)N1CCN(c2ccc(F)cn2)CC1. The first-order valence-electron chi connectivity index (χ1n) is 10.1. The summed E-state index contributed by atoms with van der Waals surface area (Å²) in [7, 11) is -3.69. The lowest BCUT2D eigenvalue weighted by atomic mass is 10.1. The minimum Gasteiger partial charge on any atom is -0.354 e. The Bertz CT molecular complexity index is 938. The number of hydroxylamine groups is 2. The summed E-state index contributed by atoms with van der Waals surface area (Å²) >= 11 is 0. The number of hydrogen-bond acceptors (Lipinski definition) is 7. The van der Waals surface area contributed by atoms with Crippen LogP contribution in [0.25, 0.3) is 0 Å². The van der Waals surface area contributed by atoms with E-state index in [1.165, 1.54) is 10.4 Å². The van der Waals surface area contributed by atoms with Crippen LogP contribution >= 0.6 is 0 Å². The predicted molar refractivity (Wildman–Crippen MR) is 112 cm³/mol. The molecule has 1 fully saturated rings. The maximum atomic E-state index is 13.1.